The Labute approximate surface area is 108 Å². The van der Waals surface area contributed by atoms with Gasteiger partial charge < -0.3 is 15.8 Å². The van der Waals surface area contributed by atoms with Crippen LogP contribution in [0, 0.1) is 5.41 Å². The number of hydrogen-bond donors (Lipinski definition) is 2. The molecule has 0 bridgehead atoms. The molecule has 0 aromatic carbocycles. The number of ether oxygens (including phenoxy) is 1. The lowest BCUT2D eigenvalue weighted by molar-refractivity contribution is -0.128. The summed E-state index contributed by atoms with van der Waals surface area (Å²) in [6, 6.07) is 0. The van der Waals surface area contributed by atoms with Gasteiger partial charge in [-0.05, 0) is 19.3 Å². The van der Waals surface area contributed by atoms with Gasteiger partial charge in [0.1, 0.15) is 0 Å². The zero-order valence-electron chi connectivity index (χ0n) is 10.5. The molecule has 0 unspecified atom stereocenters. The van der Waals surface area contributed by atoms with Crippen LogP contribution in [0.2, 0.25) is 0 Å². The van der Waals surface area contributed by atoms with E-state index >= 15 is 0 Å². The molecule has 17 heavy (non-hydrogen) atoms. The SMILES string of the molecule is COCCCNC(=O)C1(C(N)=S)CCCCC1. The zero-order valence-corrected chi connectivity index (χ0v) is 11.3. The Bertz CT molecular complexity index is 276. The molecule has 1 aliphatic rings. The minimum absolute atomic E-state index is 0.000744. The van der Waals surface area contributed by atoms with Gasteiger partial charge in [-0.3, -0.25) is 4.79 Å². The summed E-state index contributed by atoms with van der Waals surface area (Å²) in [7, 11) is 1.65. The highest BCUT2D eigenvalue weighted by molar-refractivity contribution is 7.80. The van der Waals surface area contributed by atoms with Gasteiger partial charge in [0.25, 0.3) is 0 Å². The summed E-state index contributed by atoms with van der Waals surface area (Å²) < 4.78 is 4.94. The predicted octanol–water partition coefficient (Wildman–Crippen LogP) is 1.38. The number of carbonyl (C=O) groups is 1. The quantitative estimate of drug-likeness (QED) is 0.558. The molecule has 0 aliphatic heterocycles. The Hall–Kier alpha value is -0.680. The fourth-order valence-electron chi connectivity index (χ4n) is 2.33. The summed E-state index contributed by atoms with van der Waals surface area (Å²) in [6.45, 7) is 1.28. The van der Waals surface area contributed by atoms with Crippen LogP contribution in [0.15, 0.2) is 0 Å². The Balaban J connectivity index is 2.52. The van der Waals surface area contributed by atoms with Crippen LogP contribution in [0.1, 0.15) is 38.5 Å². The molecule has 0 atom stereocenters. The average molecular weight is 258 g/mol. The van der Waals surface area contributed by atoms with E-state index in [4.69, 9.17) is 22.7 Å². The van der Waals surface area contributed by atoms with E-state index in [0.717, 1.165) is 32.1 Å². The number of amides is 1. The third-order valence-electron chi connectivity index (χ3n) is 3.42. The highest BCUT2D eigenvalue weighted by Crippen LogP contribution is 2.36. The van der Waals surface area contributed by atoms with Crippen LogP contribution in [0.3, 0.4) is 0 Å². The van der Waals surface area contributed by atoms with E-state index in [1.165, 1.54) is 6.42 Å². The van der Waals surface area contributed by atoms with Gasteiger partial charge in [0.05, 0.1) is 10.4 Å². The van der Waals surface area contributed by atoms with Crippen molar-refractivity contribution >= 4 is 23.1 Å². The van der Waals surface area contributed by atoms with E-state index in [-0.39, 0.29) is 5.91 Å². The highest BCUT2D eigenvalue weighted by atomic mass is 32.1. The second-order valence-electron chi connectivity index (χ2n) is 4.61. The van der Waals surface area contributed by atoms with Crippen LogP contribution in [-0.4, -0.2) is 31.2 Å². The van der Waals surface area contributed by atoms with Crippen molar-refractivity contribution in [2.24, 2.45) is 11.1 Å². The number of rotatable bonds is 6. The maximum Gasteiger partial charge on any atom is 0.233 e. The van der Waals surface area contributed by atoms with E-state index in [2.05, 4.69) is 5.32 Å². The number of carbonyl (C=O) groups excluding carboxylic acids is 1. The molecule has 3 N–H and O–H groups in total. The van der Waals surface area contributed by atoms with E-state index < -0.39 is 5.41 Å². The molecule has 1 aliphatic carbocycles. The summed E-state index contributed by atoms with van der Waals surface area (Å²) in [5, 5.41) is 2.92. The molecular formula is C12H22N2O2S. The zero-order chi connectivity index (χ0) is 12.7. The topological polar surface area (TPSA) is 64.3 Å². The van der Waals surface area contributed by atoms with Crippen LogP contribution < -0.4 is 11.1 Å². The molecule has 1 fully saturated rings. The van der Waals surface area contributed by atoms with Crippen molar-refractivity contribution in [3.63, 3.8) is 0 Å². The maximum absolute atomic E-state index is 12.2. The van der Waals surface area contributed by atoms with Crippen molar-refractivity contribution in [3.05, 3.63) is 0 Å². The molecule has 4 nitrogen and oxygen atoms in total. The third kappa shape index (κ3) is 3.64. The Morgan fingerprint density at radius 2 is 2.06 bits per heavy atom. The van der Waals surface area contributed by atoms with Crippen molar-refractivity contribution < 1.29 is 9.53 Å². The number of nitrogens with two attached hydrogens (primary N) is 1. The van der Waals surface area contributed by atoms with E-state index in [0.29, 0.717) is 18.1 Å². The molecule has 0 heterocycles. The van der Waals surface area contributed by atoms with Gasteiger partial charge in [-0.1, -0.05) is 31.5 Å². The lowest BCUT2D eigenvalue weighted by Gasteiger charge is -2.34. The summed E-state index contributed by atoms with van der Waals surface area (Å²) in [4.78, 5) is 12.6. The first-order valence-electron chi connectivity index (χ1n) is 6.20. The fourth-order valence-corrected chi connectivity index (χ4v) is 2.63. The fraction of sp³-hybridized carbons (Fsp3) is 0.833. The molecular weight excluding hydrogens is 236 g/mol. The molecule has 1 saturated carbocycles. The summed E-state index contributed by atoms with van der Waals surface area (Å²) in [5.74, 6) is 0.000744. The van der Waals surface area contributed by atoms with Gasteiger partial charge in [0.15, 0.2) is 0 Å². The Kier molecular flexibility index (Phi) is 5.85. The average Bonchev–Trinajstić information content (AvgIpc) is 2.35. The number of thiocarbonyl (C=S) groups is 1. The van der Waals surface area contributed by atoms with Gasteiger partial charge in [-0.25, -0.2) is 0 Å². The van der Waals surface area contributed by atoms with Crippen molar-refractivity contribution in [2.45, 2.75) is 38.5 Å². The molecule has 0 saturated heterocycles. The minimum Gasteiger partial charge on any atom is -0.392 e. The largest absolute Gasteiger partial charge is 0.392 e. The molecule has 98 valence electrons. The normalized spacial score (nSPS) is 18.6. The third-order valence-corrected chi connectivity index (χ3v) is 3.81. The van der Waals surface area contributed by atoms with Gasteiger partial charge in [-0.15, -0.1) is 0 Å². The van der Waals surface area contributed by atoms with Crippen molar-refractivity contribution in [1.29, 1.82) is 0 Å². The first-order valence-corrected chi connectivity index (χ1v) is 6.61. The Morgan fingerprint density at radius 1 is 1.41 bits per heavy atom. The van der Waals surface area contributed by atoms with Gasteiger partial charge in [-0.2, -0.15) is 0 Å². The number of hydrogen-bond acceptors (Lipinski definition) is 3. The standard InChI is InChI=1S/C12H22N2O2S/c1-16-9-5-8-14-11(15)12(10(13)17)6-3-2-4-7-12/h2-9H2,1H3,(H2,13,17)(H,14,15). The van der Waals surface area contributed by atoms with Crippen molar-refractivity contribution in [1.82, 2.24) is 5.32 Å². The van der Waals surface area contributed by atoms with E-state index in [1.807, 2.05) is 0 Å². The first kappa shape index (κ1) is 14.4. The lowest BCUT2D eigenvalue weighted by atomic mass is 9.73. The number of nitrogens with one attached hydrogen (secondary N) is 1. The van der Waals surface area contributed by atoms with Gasteiger partial charge in [0.2, 0.25) is 5.91 Å². The summed E-state index contributed by atoms with van der Waals surface area (Å²) in [6.07, 6.45) is 5.62. The number of methoxy groups -OCH3 is 1. The Morgan fingerprint density at radius 3 is 2.59 bits per heavy atom. The predicted molar refractivity (Wildman–Crippen MR) is 71.8 cm³/mol. The lowest BCUT2D eigenvalue weighted by Crippen LogP contribution is -2.50. The molecule has 0 aromatic heterocycles. The monoisotopic (exact) mass is 258 g/mol. The van der Waals surface area contributed by atoms with Crippen LogP contribution in [0.4, 0.5) is 0 Å². The minimum atomic E-state index is -0.597. The summed E-state index contributed by atoms with van der Waals surface area (Å²) >= 11 is 5.10. The molecule has 0 aromatic rings. The maximum atomic E-state index is 12.2. The molecule has 5 heteroatoms. The van der Waals surface area contributed by atoms with Crippen LogP contribution >= 0.6 is 12.2 Å². The molecule has 1 rings (SSSR count). The molecule has 1 amide bonds. The van der Waals surface area contributed by atoms with Crippen LogP contribution in [0.5, 0.6) is 0 Å². The highest BCUT2D eigenvalue weighted by Gasteiger charge is 2.41. The van der Waals surface area contributed by atoms with Gasteiger partial charge >= 0.3 is 0 Å². The first-order chi connectivity index (χ1) is 8.13. The smallest absolute Gasteiger partial charge is 0.233 e. The van der Waals surface area contributed by atoms with Crippen LogP contribution in [-0.2, 0) is 9.53 Å². The van der Waals surface area contributed by atoms with Crippen LogP contribution in [0.25, 0.3) is 0 Å². The van der Waals surface area contributed by atoms with Crippen molar-refractivity contribution in [3.8, 4) is 0 Å². The van der Waals surface area contributed by atoms with Crippen molar-refractivity contribution in [2.75, 3.05) is 20.3 Å². The second-order valence-corrected chi connectivity index (χ2v) is 5.05. The second kappa shape index (κ2) is 6.91. The summed E-state index contributed by atoms with van der Waals surface area (Å²) in [5.41, 5.74) is 5.18. The van der Waals surface area contributed by atoms with Gasteiger partial charge in [0, 0.05) is 20.3 Å². The van der Waals surface area contributed by atoms with E-state index in [9.17, 15) is 4.79 Å². The van der Waals surface area contributed by atoms with E-state index in [1.54, 1.807) is 7.11 Å². The molecule has 0 spiro atoms. The molecule has 0 radical (unpaired) electrons.